The topological polar surface area (TPSA) is 26.0 Å². The third kappa shape index (κ3) is 2.62. The number of nitrogens with two attached hydrogens (primary N) is 1. The molecule has 0 saturated carbocycles. The molecule has 3 rings (SSSR count). The monoisotopic (exact) mass is 281 g/mol. The summed E-state index contributed by atoms with van der Waals surface area (Å²) in [6, 6.07) is 17.3. The molecule has 0 fully saturated rings. The van der Waals surface area contributed by atoms with Gasteiger partial charge >= 0.3 is 0 Å². The summed E-state index contributed by atoms with van der Waals surface area (Å²) in [5, 5.41) is 3.45. The summed E-state index contributed by atoms with van der Waals surface area (Å²) in [4.78, 5) is 0. The predicted molar refractivity (Wildman–Crippen MR) is 88.3 cm³/mol. The highest BCUT2D eigenvalue weighted by Crippen LogP contribution is 2.30. The normalized spacial score (nSPS) is 12.7. The second-order valence-corrected chi connectivity index (χ2v) is 6.17. The maximum Gasteiger partial charge on any atom is 0.0390 e. The molecule has 20 heavy (non-hydrogen) atoms. The lowest BCUT2D eigenvalue weighted by atomic mass is 9.97. The molecule has 1 nitrogen and oxygen atoms in total. The number of benzene rings is 2. The van der Waals surface area contributed by atoms with E-state index in [1.54, 1.807) is 11.3 Å². The van der Waals surface area contributed by atoms with E-state index in [0.717, 1.165) is 12.8 Å². The van der Waals surface area contributed by atoms with Crippen LogP contribution in [-0.4, -0.2) is 0 Å². The Bertz CT molecular complexity index is 714. The summed E-state index contributed by atoms with van der Waals surface area (Å²) < 4.78 is 1.34. The van der Waals surface area contributed by atoms with Crippen LogP contribution in [0.2, 0.25) is 0 Å². The van der Waals surface area contributed by atoms with Crippen molar-refractivity contribution in [3.05, 3.63) is 70.6 Å². The van der Waals surface area contributed by atoms with Gasteiger partial charge in [0.15, 0.2) is 0 Å². The van der Waals surface area contributed by atoms with Crippen molar-refractivity contribution in [2.75, 3.05) is 0 Å². The summed E-state index contributed by atoms with van der Waals surface area (Å²) >= 11 is 1.79. The van der Waals surface area contributed by atoms with E-state index in [2.05, 4.69) is 60.8 Å². The molecule has 2 N–H and O–H groups in total. The number of hydrogen-bond donors (Lipinski definition) is 1. The summed E-state index contributed by atoms with van der Waals surface area (Å²) in [5.41, 5.74) is 10.5. The molecule has 102 valence electrons. The summed E-state index contributed by atoms with van der Waals surface area (Å²) in [6.45, 7) is 2.17. The zero-order chi connectivity index (χ0) is 13.9. The maximum atomic E-state index is 6.42. The Hall–Kier alpha value is -1.64. The second-order valence-electron chi connectivity index (χ2n) is 5.26. The lowest BCUT2D eigenvalue weighted by Crippen LogP contribution is -2.11. The van der Waals surface area contributed by atoms with Crippen molar-refractivity contribution in [1.29, 1.82) is 0 Å². The van der Waals surface area contributed by atoms with Crippen LogP contribution in [0, 0.1) is 6.92 Å². The van der Waals surface area contributed by atoms with E-state index >= 15 is 0 Å². The molecule has 0 spiro atoms. The molecule has 1 heterocycles. The van der Waals surface area contributed by atoms with Crippen LogP contribution >= 0.6 is 11.3 Å². The first-order valence-corrected chi connectivity index (χ1v) is 7.90. The van der Waals surface area contributed by atoms with Crippen molar-refractivity contribution in [3.63, 3.8) is 0 Å². The van der Waals surface area contributed by atoms with Gasteiger partial charge in [0, 0.05) is 10.7 Å². The largest absolute Gasteiger partial charge is 0.324 e. The Labute approximate surface area is 124 Å². The third-order valence-electron chi connectivity index (χ3n) is 3.89. The molecule has 0 saturated heterocycles. The molecule has 0 aliphatic rings. The van der Waals surface area contributed by atoms with Gasteiger partial charge in [-0.1, -0.05) is 42.5 Å². The molecule has 1 aromatic heterocycles. The van der Waals surface area contributed by atoms with Crippen molar-refractivity contribution in [1.82, 2.24) is 0 Å². The van der Waals surface area contributed by atoms with Gasteiger partial charge in [-0.3, -0.25) is 0 Å². The van der Waals surface area contributed by atoms with Crippen molar-refractivity contribution >= 4 is 21.4 Å². The van der Waals surface area contributed by atoms with E-state index in [1.807, 2.05) is 0 Å². The molecule has 0 aliphatic carbocycles. The number of thiophene rings is 1. The van der Waals surface area contributed by atoms with Gasteiger partial charge in [0.2, 0.25) is 0 Å². The zero-order valence-electron chi connectivity index (χ0n) is 11.7. The van der Waals surface area contributed by atoms with Crippen LogP contribution in [0.25, 0.3) is 10.1 Å². The van der Waals surface area contributed by atoms with Crippen molar-refractivity contribution in [3.8, 4) is 0 Å². The zero-order valence-corrected chi connectivity index (χ0v) is 12.5. The van der Waals surface area contributed by atoms with E-state index in [1.165, 1.54) is 26.8 Å². The van der Waals surface area contributed by atoms with Crippen LogP contribution in [0.3, 0.4) is 0 Å². The highest BCUT2D eigenvalue weighted by molar-refractivity contribution is 7.17. The van der Waals surface area contributed by atoms with Crippen molar-refractivity contribution in [2.24, 2.45) is 5.73 Å². The van der Waals surface area contributed by atoms with Gasteiger partial charge in [-0.2, -0.15) is 0 Å². The fraction of sp³-hybridized carbons (Fsp3) is 0.222. The van der Waals surface area contributed by atoms with Gasteiger partial charge < -0.3 is 5.73 Å². The van der Waals surface area contributed by atoms with Crippen LogP contribution in [-0.2, 0) is 6.42 Å². The fourth-order valence-corrected chi connectivity index (χ4v) is 3.64. The van der Waals surface area contributed by atoms with E-state index < -0.39 is 0 Å². The maximum absolute atomic E-state index is 6.42. The van der Waals surface area contributed by atoms with Crippen molar-refractivity contribution < 1.29 is 0 Å². The molecule has 0 radical (unpaired) electrons. The average Bonchev–Trinajstić information content (AvgIpc) is 2.94. The lowest BCUT2D eigenvalue weighted by molar-refractivity contribution is 0.655. The Kier molecular flexibility index (Phi) is 3.86. The predicted octanol–water partition coefficient (Wildman–Crippen LogP) is 4.84. The minimum Gasteiger partial charge on any atom is -0.324 e. The summed E-state index contributed by atoms with van der Waals surface area (Å²) in [6.07, 6.45) is 2.03. The van der Waals surface area contributed by atoms with Crippen LogP contribution in [0.4, 0.5) is 0 Å². The number of rotatable bonds is 4. The molecule has 0 amide bonds. The number of aryl methyl sites for hydroxylation is 2. The minimum absolute atomic E-state index is 0.108. The van der Waals surface area contributed by atoms with E-state index in [4.69, 9.17) is 5.73 Å². The molecular formula is C18H19NS. The molecule has 2 heteroatoms. The van der Waals surface area contributed by atoms with E-state index in [9.17, 15) is 0 Å². The first-order chi connectivity index (χ1) is 9.75. The minimum atomic E-state index is 0.108. The smallest absolute Gasteiger partial charge is 0.0390 e. The van der Waals surface area contributed by atoms with Gasteiger partial charge in [0.25, 0.3) is 0 Å². The Morgan fingerprint density at radius 2 is 1.90 bits per heavy atom. The Morgan fingerprint density at radius 1 is 1.05 bits per heavy atom. The first kappa shape index (κ1) is 13.3. The lowest BCUT2D eigenvalue weighted by Gasteiger charge is -2.14. The van der Waals surface area contributed by atoms with Gasteiger partial charge in [0.1, 0.15) is 0 Å². The van der Waals surface area contributed by atoms with Crippen molar-refractivity contribution in [2.45, 2.75) is 25.8 Å². The number of fused-ring (bicyclic) bond motifs is 1. The van der Waals surface area contributed by atoms with Crippen LogP contribution in [0.15, 0.2) is 53.9 Å². The fourth-order valence-electron chi connectivity index (χ4n) is 2.67. The van der Waals surface area contributed by atoms with Gasteiger partial charge in [-0.25, -0.2) is 0 Å². The quantitative estimate of drug-likeness (QED) is 0.727. The highest BCUT2D eigenvalue weighted by Gasteiger charge is 2.11. The molecule has 0 bridgehead atoms. The summed E-state index contributed by atoms with van der Waals surface area (Å²) in [7, 11) is 0. The van der Waals surface area contributed by atoms with Crippen LogP contribution in [0.1, 0.15) is 29.2 Å². The molecular weight excluding hydrogens is 262 g/mol. The van der Waals surface area contributed by atoms with Gasteiger partial charge in [0.05, 0.1) is 0 Å². The third-order valence-corrected chi connectivity index (χ3v) is 4.87. The molecule has 3 aromatic rings. The number of hydrogen-bond acceptors (Lipinski definition) is 2. The Morgan fingerprint density at radius 3 is 2.75 bits per heavy atom. The Balaban J connectivity index is 1.78. The molecule has 1 atom stereocenters. The van der Waals surface area contributed by atoms with Crippen LogP contribution in [0.5, 0.6) is 0 Å². The second kappa shape index (κ2) is 5.78. The summed E-state index contributed by atoms with van der Waals surface area (Å²) in [5.74, 6) is 0. The van der Waals surface area contributed by atoms with Gasteiger partial charge in [-0.15, -0.1) is 11.3 Å². The average molecular weight is 281 g/mol. The molecule has 0 aliphatic heterocycles. The van der Waals surface area contributed by atoms with E-state index in [0.29, 0.717) is 0 Å². The molecule has 1 unspecified atom stereocenters. The SMILES string of the molecule is Cc1ccccc1CCC(N)c1cccc2ccsc12. The van der Waals surface area contributed by atoms with Gasteiger partial charge in [-0.05, 0) is 53.3 Å². The highest BCUT2D eigenvalue weighted by atomic mass is 32.1. The van der Waals surface area contributed by atoms with Crippen LogP contribution < -0.4 is 5.73 Å². The molecule has 2 aromatic carbocycles. The van der Waals surface area contributed by atoms with E-state index in [-0.39, 0.29) is 6.04 Å². The standard InChI is InChI=1S/C18H19NS/c1-13-5-2-3-6-14(13)9-10-17(19)16-8-4-7-15-11-12-20-18(15)16/h2-8,11-12,17H,9-10,19H2,1H3. The first-order valence-electron chi connectivity index (χ1n) is 7.02.